The van der Waals surface area contributed by atoms with E-state index in [-0.39, 0.29) is 17.2 Å². The number of fused-ring (bicyclic) bond motifs is 1. The van der Waals surface area contributed by atoms with Gasteiger partial charge in [-0.3, -0.25) is 4.79 Å². The number of carbonyl (C=O) groups excluding carboxylic acids is 1. The lowest BCUT2D eigenvalue weighted by atomic mass is 10.1. The molecule has 2 aromatic rings. The minimum Gasteiger partial charge on any atom is -0.486 e. The van der Waals surface area contributed by atoms with Gasteiger partial charge in [0, 0.05) is 18.8 Å². The van der Waals surface area contributed by atoms with Crippen molar-refractivity contribution < 1.29 is 22.7 Å². The van der Waals surface area contributed by atoms with Crippen LogP contribution in [0.4, 0.5) is 5.69 Å². The number of carbonyl (C=O) groups is 1. The fraction of sp³-hybridized carbons (Fsp3) is 0.350. The van der Waals surface area contributed by atoms with Crippen LogP contribution in [0.1, 0.15) is 19.4 Å². The normalized spacial score (nSPS) is 13.4. The largest absolute Gasteiger partial charge is 0.486 e. The van der Waals surface area contributed by atoms with E-state index in [4.69, 9.17) is 21.1 Å². The first-order valence-electron chi connectivity index (χ1n) is 9.33. The average Bonchev–Trinajstić information content (AvgIpc) is 2.69. The summed E-state index contributed by atoms with van der Waals surface area (Å²) in [5.41, 5.74) is 1.20. The van der Waals surface area contributed by atoms with Gasteiger partial charge in [0.15, 0.2) is 11.5 Å². The Kier molecular flexibility index (Phi) is 6.66. The Hall–Kier alpha value is -2.29. The van der Waals surface area contributed by atoms with Crippen LogP contribution >= 0.6 is 11.6 Å². The molecule has 156 valence electrons. The Bertz CT molecular complexity index is 989. The summed E-state index contributed by atoms with van der Waals surface area (Å²) in [5, 5.41) is 3.16. The monoisotopic (exact) mass is 438 g/mol. The minimum absolute atomic E-state index is 0.0931. The molecule has 1 aliphatic rings. The molecule has 3 rings (SSSR count). The molecule has 0 aliphatic carbocycles. The van der Waals surface area contributed by atoms with Crippen molar-refractivity contribution in [1.29, 1.82) is 0 Å². The van der Waals surface area contributed by atoms with Crippen molar-refractivity contribution in [2.45, 2.75) is 25.2 Å². The number of hydrogen-bond acceptors (Lipinski definition) is 5. The van der Waals surface area contributed by atoms with Crippen LogP contribution in [0.15, 0.2) is 41.3 Å². The highest BCUT2D eigenvalue weighted by Gasteiger charge is 2.21. The van der Waals surface area contributed by atoms with Gasteiger partial charge in [-0.25, -0.2) is 8.42 Å². The summed E-state index contributed by atoms with van der Waals surface area (Å²) in [7, 11) is -3.53. The number of rotatable bonds is 7. The molecule has 0 unspecified atom stereocenters. The third-order valence-electron chi connectivity index (χ3n) is 4.50. The highest BCUT2D eigenvalue weighted by Crippen LogP contribution is 2.38. The molecule has 1 N–H and O–H groups in total. The molecular weight excluding hydrogens is 416 g/mol. The van der Waals surface area contributed by atoms with Gasteiger partial charge >= 0.3 is 0 Å². The third-order valence-corrected chi connectivity index (χ3v) is 6.85. The van der Waals surface area contributed by atoms with Gasteiger partial charge in [-0.05, 0) is 42.0 Å². The molecule has 0 bridgehead atoms. The van der Waals surface area contributed by atoms with Gasteiger partial charge in [0.05, 0.1) is 16.3 Å². The predicted octanol–water partition coefficient (Wildman–Crippen LogP) is 3.32. The molecular formula is C20H23ClN2O5S. The molecule has 1 heterocycles. The SMILES string of the molecule is CCN(CC)S(=O)(=O)c1ccc(NC(=O)Cc2cc(Cl)c3c(c2)OCCO3)cc1. The van der Waals surface area contributed by atoms with Crippen LogP contribution < -0.4 is 14.8 Å². The second-order valence-electron chi connectivity index (χ2n) is 6.44. The van der Waals surface area contributed by atoms with E-state index in [0.29, 0.717) is 54.1 Å². The van der Waals surface area contributed by atoms with Crippen LogP contribution in [0.5, 0.6) is 11.5 Å². The average molecular weight is 439 g/mol. The molecule has 0 radical (unpaired) electrons. The first kappa shape index (κ1) is 21.4. The van der Waals surface area contributed by atoms with Crippen molar-refractivity contribution in [2.24, 2.45) is 0 Å². The number of ether oxygens (including phenoxy) is 2. The van der Waals surface area contributed by atoms with Crippen LogP contribution in [0.3, 0.4) is 0 Å². The van der Waals surface area contributed by atoms with E-state index >= 15 is 0 Å². The van der Waals surface area contributed by atoms with E-state index in [1.807, 2.05) is 0 Å². The Morgan fingerprint density at radius 3 is 2.41 bits per heavy atom. The number of halogens is 1. The van der Waals surface area contributed by atoms with E-state index < -0.39 is 10.0 Å². The summed E-state index contributed by atoms with van der Waals surface area (Å²) in [6, 6.07) is 9.54. The van der Waals surface area contributed by atoms with Crippen molar-refractivity contribution in [3.63, 3.8) is 0 Å². The number of nitrogens with zero attached hydrogens (tertiary/aromatic N) is 1. The summed E-state index contributed by atoms with van der Waals surface area (Å²) in [4.78, 5) is 12.6. The van der Waals surface area contributed by atoms with Crippen LogP contribution in [-0.2, 0) is 21.2 Å². The van der Waals surface area contributed by atoms with Crippen LogP contribution in [0.25, 0.3) is 0 Å². The number of sulfonamides is 1. The molecule has 1 amide bonds. The minimum atomic E-state index is -3.53. The topological polar surface area (TPSA) is 84.9 Å². The lowest BCUT2D eigenvalue weighted by Crippen LogP contribution is -2.30. The smallest absolute Gasteiger partial charge is 0.243 e. The number of benzene rings is 2. The fourth-order valence-corrected chi connectivity index (χ4v) is 4.83. The molecule has 0 saturated carbocycles. The number of anilines is 1. The molecule has 2 aromatic carbocycles. The van der Waals surface area contributed by atoms with Gasteiger partial charge in [-0.15, -0.1) is 0 Å². The number of nitrogens with one attached hydrogen (secondary N) is 1. The molecule has 0 spiro atoms. The van der Waals surface area contributed by atoms with Crippen molar-refractivity contribution in [1.82, 2.24) is 4.31 Å². The molecule has 7 nitrogen and oxygen atoms in total. The molecule has 29 heavy (non-hydrogen) atoms. The van der Waals surface area contributed by atoms with Gasteiger partial charge in [-0.1, -0.05) is 25.4 Å². The summed E-state index contributed by atoms with van der Waals surface area (Å²) < 4.78 is 37.4. The molecule has 0 atom stereocenters. The Labute approximate surface area is 175 Å². The van der Waals surface area contributed by atoms with Gasteiger partial charge < -0.3 is 14.8 Å². The van der Waals surface area contributed by atoms with E-state index in [1.54, 1.807) is 38.1 Å². The van der Waals surface area contributed by atoms with Crippen molar-refractivity contribution in [3.05, 3.63) is 47.0 Å². The second-order valence-corrected chi connectivity index (χ2v) is 8.79. The molecule has 0 fully saturated rings. The third kappa shape index (κ3) is 4.83. The highest BCUT2D eigenvalue weighted by atomic mass is 35.5. The summed E-state index contributed by atoms with van der Waals surface area (Å²) in [6.07, 6.45) is 0.0931. The van der Waals surface area contributed by atoms with Crippen molar-refractivity contribution in [2.75, 3.05) is 31.6 Å². The summed E-state index contributed by atoms with van der Waals surface area (Å²) in [5.74, 6) is 0.765. The van der Waals surface area contributed by atoms with Gasteiger partial charge in [-0.2, -0.15) is 4.31 Å². The van der Waals surface area contributed by atoms with Crippen LogP contribution in [0.2, 0.25) is 5.02 Å². The standard InChI is InChI=1S/C20H23ClN2O5S/c1-3-23(4-2)29(25,26)16-7-5-15(6-8-16)22-19(24)13-14-11-17(21)20-18(12-14)27-9-10-28-20/h5-8,11-12H,3-4,9-10,13H2,1-2H3,(H,22,24). The second kappa shape index (κ2) is 9.02. The lowest BCUT2D eigenvalue weighted by Gasteiger charge is -2.20. The molecule has 0 aromatic heterocycles. The first-order chi connectivity index (χ1) is 13.8. The quantitative estimate of drug-likeness (QED) is 0.716. The number of hydrogen-bond donors (Lipinski definition) is 1. The summed E-state index contributed by atoms with van der Waals surface area (Å²) in [6.45, 7) is 5.25. The zero-order valence-corrected chi connectivity index (χ0v) is 17.8. The van der Waals surface area contributed by atoms with E-state index in [2.05, 4.69) is 5.32 Å². The Balaban J connectivity index is 1.68. The van der Waals surface area contributed by atoms with Crippen LogP contribution in [-0.4, -0.2) is 44.9 Å². The maximum Gasteiger partial charge on any atom is 0.243 e. The van der Waals surface area contributed by atoms with E-state index in [9.17, 15) is 13.2 Å². The zero-order valence-electron chi connectivity index (χ0n) is 16.3. The molecule has 9 heteroatoms. The zero-order chi connectivity index (χ0) is 21.0. The Morgan fingerprint density at radius 1 is 1.10 bits per heavy atom. The fourth-order valence-electron chi connectivity index (χ4n) is 3.08. The van der Waals surface area contributed by atoms with Gasteiger partial charge in [0.2, 0.25) is 15.9 Å². The Morgan fingerprint density at radius 2 is 1.76 bits per heavy atom. The molecule has 1 aliphatic heterocycles. The maximum absolute atomic E-state index is 12.5. The van der Waals surface area contributed by atoms with E-state index in [0.717, 1.165) is 0 Å². The number of amides is 1. The van der Waals surface area contributed by atoms with E-state index in [1.165, 1.54) is 16.4 Å². The predicted molar refractivity (Wildman–Crippen MR) is 111 cm³/mol. The molecule has 0 saturated heterocycles. The van der Waals surface area contributed by atoms with Gasteiger partial charge in [0.1, 0.15) is 13.2 Å². The van der Waals surface area contributed by atoms with Crippen molar-refractivity contribution in [3.8, 4) is 11.5 Å². The maximum atomic E-state index is 12.5. The highest BCUT2D eigenvalue weighted by molar-refractivity contribution is 7.89. The first-order valence-corrected chi connectivity index (χ1v) is 11.1. The van der Waals surface area contributed by atoms with Gasteiger partial charge in [0.25, 0.3) is 0 Å². The van der Waals surface area contributed by atoms with Crippen LogP contribution in [0, 0.1) is 0 Å². The summed E-state index contributed by atoms with van der Waals surface area (Å²) >= 11 is 6.20. The lowest BCUT2D eigenvalue weighted by molar-refractivity contribution is -0.115. The van der Waals surface area contributed by atoms with Crippen molar-refractivity contribution >= 4 is 33.2 Å².